The summed E-state index contributed by atoms with van der Waals surface area (Å²) in [4.78, 5) is 7.06. The van der Waals surface area contributed by atoms with Crippen molar-refractivity contribution in [3.05, 3.63) is 34.9 Å². The molecule has 1 aromatic carbocycles. The molecule has 2 aromatic rings. The number of benzene rings is 1. The third kappa shape index (κ3) is 2.79. The van der Waals surface area contributed by atoms with E-state index in [0.717, 1.165) is 35.7 Å². The van der Waals surface area contributed by atoms with Crippen LogP contribution < -0.4 is 4.90 Å². The standard InChI is InChI=1S/C16H18BrClN2/c17-15-5-1-4-14-13(15)7-9-19-16(14)20-10-2-3-12(11-20)6-8-18/h1,4-5,7,9,12H,2-3,6,8,10-11H2. The van der Waals surface area contributed by atoms with Gasteiger partial charge in [0.25, 0.3) is 0 Å². The molecule has 1 atom stereocenters. The summed E-state index contributed by atoms with van der Waals surface area (Å²) in [5.41, 5.74) is 0. The normalized spacial score (nSPS) is 19.5. The van der Waals surface area contributed by atoms with E-state index in [2.05, 4.69) is 50.1 Å². The third-order valence-corrected chi connectivity index (χ3v) is 4.98. The zero-order chi connectivity index (χ0) is 13.9. The first-order chi connectivity index (χ1) is 9.79. The number of halogens is 2. The maximum atomic E-state index is 5.90. The van der Waals surface area contributed by atoms with E-state index in [0.29, 0.717) is 5.92 Å². The van der Waals surface area contributed by atoms with Crippen LogP contribution in [-0.2, 0) is 0 Å². The van der Waals surface area contributed by atoms with Gasteiger partial charge in [-0.25, -0.2) is 4.98 Å². The van der Waals surface area contributed by atoms with Crippen LogP contribution >= 0.6 is 27.5 Å². The van der Waals surface area contributed by atoms with Gasteiger partial charge in [0.2, 0.25) is 0 Å². The monoisotopic (exact) mass is 352 g/mol. The summed E-state index contributed by atoms with van der Waals surface area (Å²) in [6.45, 7) is 2.17. The lowest BCUT2D eigenvalue weighted by Gasteiger charge is -2.34. The SMILES string of the molecule is ClCCC1CCCN(c2nccc3c(Br)cccc23)C1. The molecule has 0 spiro atoms. The second kappa shape index (κ2) is 6.31. The van der Waals surface area contributed by atoms with Crippen LogP contribution in [0.4, 0.5) is 5.82 Å². The van der Waals surface area contributed by atoms with Crippen LogP contribution in [0, 0.1) is 5.92 Å². The number of pyridine rings is 1. The van der Waals surface area contributed by atoms with E-state index < -0.39 is 0 Å². The minimum Gasteiger partial charge on any atom is -0.356 e. The molecule has 1 aliphatic rings. The van der Waals surface area contributed by atoms with E-state index in [1.54, 1.807) is 0 Å². The van der Waals surface area contributed by atoms with Crippen molar-refractivity contribution >= 4 is 44.1 Å². The van der Waals surface area contributed by atoms with Crippen LogP contribution in [0.1, 0.15) is 19.3 Å². The number of anilines is 1. The molecule has 3 rings (SSSR count). The number of fused-ring (bicyclic) bond motifs is 1. The lowest BCUT2D eigenvalue weighted by atomic mass is 9.95. The Morgan fingerprint density at radius 1 is 1.30 bits per heavy atom. The molecule has 0 amide bonds. The van der Waals surface area contributed by atoms with Crippen LogP contribution in [0.15, 0.2) is 34.9 Å². The van der Waals surface area contributed by atoms with Crippen LogP contribution in [0.2, 0.25) is 0 Å². The molecule has 0 bridgehead atoms. The Labute approximate surface area is 133 Å². The first kappa shape index (κ1) is 14.2. The van der Waals surface area contributed by atoms with Gasteiger partial charge >= 0.3 is 0 Å². The Morgan fingerprint density at radius 3 is 3.05 bits per heavy atom. The van der Waals surface area contributed by atoms with Gasteiger partial charge in [0.15, 0.2) is 0 Å². The molecular weight excluding hydrogens is 336 g/mol. The number of piperidine rings is 1. The number of nitrogens with zero attached hydrogens (tertiary/aromatic N) is 2. The molecule has 1 unspecified atom stereocenters. The summed E-state index contributed by atoms with van der Waals surface area (Å²) in [5.74, 6) is 2.57. The molecule has 0 aliphatic carbocycles. The molecule has 0 saturated carbocycles. The lowest BCUT2D eigenvalue weighted by molar-refractivity contribution is 0.405. The summed E-state index contributed by atoms with van der Waals surface area (Å²) in [5, 5.41) is 2.46. The number of aromatic nitrogens is 1. The maximum absolute atomic E-state index is 5.90. The fourth-order valence-corrected chi connectivity index (χ4v) is 3.86. The molecule has 106 valence electrons. The van der Waals surface area contributed by atoms with Crippen molar-refractivity contribution in [3.8, 4) is 0 Å². The summed E-state index contributed by atoms with van der Waals surface area (Å²) in [6.07, 6.45) is 5.53. The van der Waals surface area contributed by atoms with E-state index >= 15 is 0 Å². The van der Waals surface area contributed by atoms with Crippen molar-refractivity contribution in [2.24, 2.45) is 5.92 Å². The van der Waals surface area contributed by atoms with Crippen LogP contribution in [0.5, 0.6) is 0 Å². The minimum atomic E-state index is 0.699. The van der Waals surface area contributed by atoms with E-state index in [1.165, 1.54) is 23.6 Å². The molecule has 4 heteroatoms. The van der Waals surface area contributed by atoms with Gasteiger partial charge in [0, 0.05) is 40.4 Å². The fourth-order valence-electron chi connectivity index (χ4n) is 3.05. The molecule has 1 aliphatic heterocycles. The highest BCUT2D eigenvalue weighted by atomic mass is 79.9. The van der Waals surface area contributed by atoms with Gasteiger partial charge in [0.1, 0.15) is 5.82 Å². The van der Waals surface area contributed by atoms with Crippen LogP contribution in [-0.4, -0.2) is 24.0 Å². The van der Waals surface area contributed by atoms with Crippen molar-refractivity contribution in [2.75, 3.05) is 23.9 Å². The molecule has 1 saturated heterocycles. The van der Waals surface area contributed by atoms with Gasteiger partial charge < -0.3 is 4.90 Å². The molecule has 20 heavy (non-hydrogen) atoms. The zero-order valence-corrected chi connectivity index (χ0v) is 13.7. The van der Waals surface area contributed by atoms with Crippen molar-refractivity contribution in [1.29, 1.82) is 0 Å². The first-order valence-corrected chi connectivity index (χ1v) is 8.46. The predicted octanol–water partition coefficient (Wildman–Crippen LogP) is 4.84. The third-order valence-electron chi connectivity index (χ3n) is 4.07. The molecule has 1 fully saturated rings. The fraction of sp³-hybridized carbons (Fsp3) is 0.438. The van der Waals surface area contributed by atoms with E-state index in [4.69, 9.17) is 11.6 Å². The zero-order valence-electron chi connectivity index (χ0n) is 11.4. The summed E-state index contributed by atoms with van der Waals surface area (Å²) in [6, 6.07) is 8.40. The average molecular weight is 354 g/mol. The molecule has 2 heterocycles. The van der Waals surface area contributed by atoms with Crippen LogP contribution in [0.25, 0.3) is 10.8 Å². The first-order valence-electron chi connectivity index (χ1n) is 7.13. The Kier molecular flexibility index (Phi) is 4.47. The van der Waals surface area contributed by atoms with Crippen molar-refractivity contribution in [3.63, 3.8) is 0 Å². The predicted molar refractivity (Wildman–Crippen MR) is 89.7 cm³/mol. The van der Waals surface area contributed by atoms with E-state index in [1.807, 2.05) is 6.20 Å². The molecule has 2 nitrogen and oxygen atoms in total. The van der Waals surface area contributed by atoms with E-state index in [9.17, 15) is 0 Å². The van der Waals surface area contributed by atoms with Gasteiger partial charge in [0.05, 0.1) is 0 Å². The summed E-state index contributed by atoms with van der Waals surface area (Å²) < 4.78 is 1.13. The van der Waals surface area contributed by atoms with E-state index in [-0.39, 0.29) is 0 Å². The number of alkyl halides is 1. The average Bonchev–Trinajstić information content (AvgIpc) is 2.48. The summed E-state index contributed by atoms with van der Waals surface area (Å²) >= 11 is 9.53. The largest absolute Gasteiger partial charge is 0.356 e. The summed E-state index contributed by atoms with van der Waals surface area (Å²) in [7, 11) is 0. The van der Waals surface area contributed by atoms with Gasteiger partial charge in [-0.05, 0) is 37.3 Å². The van der Waals surface area contributed by atoms with Crippen molar-refractivity contribution in [2.45, 2.75) is 19.3 Å². The second-order valence-electron chi connectivity index (χ2n) is 5.40. The maximum Gasteiger partial charge on any atom is 0.136 e. The second-order valence-corrected chi connectivity index (χ2v) is 6.63. The highest BCUT2D eigenvalue weighted by Gasteiger charge is 2.21. The minimum absolute atomic E-state index is 0.699. The number of rotatable bonds is 3. The number of hydrogen-bond donors (Lipinski definition) is 0. The van der Waals surface area contributed by atoms with Gasteiger partial charge in [-0.2, -0.15) is 0 Å². The Morgan fingerprint density at radius 2 is 2.20 bits per heavy atom. The highest BCUT2D eigenvalue weighted by molar-refractivity contribution is 9.10. The van der Waals surface area contributed by atoms with Crippen molar-refractivity contribution < 1.29 is 0 Å². The number of hydrogen-bond acceptors (Lipinski definition) is 2. The van der Waals surface area contributed by atoms with Gasteiger partial charge in [-0.3, -0.25) is 0 Å². The topological polar surface area (TPSA) is 16.1 Å². The molecular formula is C16H18BrClN2. The molecule has 0 N–H and O–H groups in total. The van der Waals surface area contributed by atoms with Crippen molar-refractivity contribution in [1.82, 2.24) is 4.98 Å². The Hall–Kier alpha value is -0.800. The Balaban J connectivity index is 1.95. The quantitative estimate of drug-likeness (QED) is 0.734. The van der Waals surface area contributed by atoms with Gasteiger partial charge in [-0.1, -0.05) is 28.1 Å². The highest BCUT2D eigenvalue weighted by Crippen LogP contribution is 2.32. The Bertz CT molecular complexity index is 600. The lowest BCUT2D eigenvalue weighted by Crippen LogP contribution is -2.36. The smallest absolute Gasteiger partial charge is 0.136 e. The van der Waals surface area contributed by atoms with Crippen LogP contribution in [0.3, 0.4) is 0 Å². The molecule has 1 aromatic heterocycles. The van der Waals surface area contributed by atoms with Gasteiger partial charge in [-0.15, -0.1) is 11.6 Å². The molecule has 0 radical (unpaired) electrons.